The standard InChI is InChI=1S/C13H23N3O4S/c1-8-10(11(9(2)20-8)21(14,18)19)12(17)15-7-13(3,4)16(5)6/h7H2,1-6H3,(H,15,17)(H2,14,18,19). The topological polar surface area (TPSA) is 106 Å². The molecular weight excluding hydrogens is 294 g/mol. The van der Waals surface area contributed by atoms with Crippen molar-refractivity contribution in [3.8, 4) is 0 Å². The van der Waals surface area contributed by atoms with Gasteiger partial charge in [-0.3, -0.25) is 4.79 Å². The molecule has 1 aromatic rings. The van der Waals surface area contributed by atoms with E-state index in [1.54, 1.807) is 0 Å². The second-order valence-corrected chi connectivity index (χ2v) is 7.35. The molecule has 1 amide bonds. The first-order chi connectivity index (χ1) is 9.38. The molecular formula is C13H23N3O4S. The highest BCUT2D eigenvalue weighted by Gasteiger charge is 2.30. The van der Waals surface area contributed by atoms with Crippen molar-refractivity contribution in [1.29, 1.82) is 0 Å². The number of hydrogen-bond acceptors (Lipinski definition) is 5. The van der Waals surface area contributed by atoms with E-state index >= 15 is 0 Å². The van der Waals surface area contributed by atoms with Crippen molar-refractivity contribution in [3.05, 3.63) is 17.1 Å². The molecule has 0 radical (unpaired) electrons. The molecule has 0 aliphatic rings. The fourth-order valence-corrected chi connectivity index (χ4v) is 2.77. The van der Waals surface area contributed by atoms with Crippen molar-refractivity contribution < 1.29 is 17.6 Å². The predicted octanol–water partition coefficient (Wildman–Crippen LogP) is 0.614. The third-order valence-electron chi connectivity index (χ3n) is 3.61. The van der Waals surface area contributed by atoms with Crippen LogP contribution in [0.2, 0.25) is 0 Å². The molecule has 0 aliphatic heterocycles. The Morgan fingerprint density at radius 3 is 2.24 bits per heavy atom. The summed E-state index contributed by atoms with van der Waals surface area (Å²) in [5.41, 5.74) is -0.297. The lowest BCUT2D eigenvalue weighted by Gasteiger charge is -2.32. The normalized spacial score (nSPS) is 12.8. The average molecular weight is 317 g/mol. The Morgan fingerprint density at radius 2 is 1.81 bits per heavy atom. The summed E-state index contributed by atoms with van der Waals surface area (Å²) in [6.45, 7) is 7.27. The van der Waals surface area contributed by atoms with Gasteiger partial charge in [-0.1, -0.05) is 0 Å². The zero-order valence-electron chi connectivity index (χ0n) is 13.3. The summed E-state index contributed by atoms with van der Waals surface area (Å²) in [4.78, 5) is 14.0. The van der Waals surface area contributed by atoms with E-state index in [9.17, 15) is 13.2 Å². The molecule has 0 saturated carbocycles. The van der Waals surface area contributed by atoms with Gasteiger partial charge < -0.3 is 14.6 Å². The zero-order valence-corrected chi connectivity index (χ0v) is 14.1. The van der Waals surface area contributed by atoms with E-state index in [4.69, 9.17) is 9.56 Å². The Balaban J connectivity index is 3.10. The smallest absolute Gasteiger partial charge is 0.256 e. The van der Waals surface area contributed by atoms with Gasteiger partial charge in [-0.15, -0.1) is 0 Å². The third-order valence-corrected chi connectivity index (χ3v) is 4.67. The van der Waals surface area contributed by atoms with Gasteiger partial charge in [0.05, 0.1) is 0 Å². The Labute approximate surface area is 125 Å². The van der Waals surface area contributed by atoms with Gasteiger partial charge in [0.25, 0.3) is 5.91 Å². The lowest BCUT2D eigenvalue weighted by molar-refractivity contribution is 0.0915. The molecule has 0 spiro atoms. The summed E-state index contributed by atoms with van der Waals surface area (Å²) in [7, 11) is -0.227. The van der Waals surface area contributed by atoms with Crippen LogP contribution in [-0.4, -0.2) is 45.4 Å². The molecule has 21 heavy (non-hydrogen) atoms. The lowest BCUT2D eigenvalue weighted by atomic mass is 10.0. The van der Waals surface area contributed by atoms with E-state index in [0.717, 1.165) is 0 Å². The highest BCUT2D eigenvalue weighted by Crippen LogP contribution is 2.25. The van der Waals surface area contributed by atoms with E-state index in [1.807, 2.05) is 32.8 Å². The van der Waals surface area contributed by atoms with Crippen LogP contribution in [-0.2, 0) is 10.0 Å². The monoisotopic (exact) mass is 317 g/mol. The number of sulfonamides is 1. The van der Waals surface area contributed by atoms with Crippen LogP contribution < -0.4 is 10.5 Å². The molecule has 1 heterocycles. The largest absolute Gasteiger partial charge is 0.464 e. The van der Waals surface area contributed by atoms with Gasteiger partial charge in [0.1, 0.15) is 22.0 Å². The van der Waals surface area contributed by atoms with Crippen LogP contribution in [0.1, 0.15) is 35.7 Å². The fourth-order valence-electron chi connectivity index (χ4n) is 1.81. The SMILES string of the molecule is Cc1oc(C)c(S(N)(=O)=O)c1C(=O)NCC(C)(C)N(C)C. The lowest BCUT2D eigenvalue weighted by Crippen LogP contribution is -2.48. The van der Waals surface area contributed by atoms with E-state index < -0.39 is 15.9 Å². The number of nitrogens with zero attached hydrogens (tertiary/aromatic N) is 1. The van der Waals surface area contributed by atoms with Crippen molar-refractivity contribution in [1.82, 2.24) is 10.2 Å². The third kappa shape index (κ3) is 3.84. The molecule has 3 N–H and O–H groups in total. The number of nitrogens with one attached hydrogen (secondary N) is 1. The van der Waals surface area contributed by atoms with E-state index in [1.165, 1.54) is 13.8 Å². The minimum atomic E-state index is -4.02. The first kappa shape index (κ1) is 17.7. The number of carbonyl (C=O) groups is 1. The number of aryl methyl sites for hydroxylation is 2. The molecule has 7 nitrogen and oxygen atoms in total. The number of nitrogens with two attached hydrogens (primary N) is 1. The predicted molar refractivity (Wildman–Crippen MR) is 79.7 cm³/mol. The van der Waals surface area contributed by atoms with Crippen molar-refractivity contribution in [2.24, 2.45) is 5.14 Å². The number of hydrogen-bond donors (Lipinski definition) is 2. The second-order valence-electron chi connectivity index (χ2n) is 5.85. The summed E-state index contributed by atoms with van der Waals surface area (Å²) >= 11 is 0. The second kappa shape index (κ2) is 5.78. The van der Waals surface area contributed by atoms with E-state index in [2.05, 4.69) is 5.32 Å². The molecule has 0 saturated heterocycles. The minimum Gasteiger partial charge on any atom is -0.464 e. The molecule has 0 aromatic carbocycles. The van der Waals surface area contributed by atoms with E-state index in [-0.39, 0.29) is 27.5 Å². The summed E-state index contributed by atoms with van der Waals surface area (Å²) in [6, 6.07) is 0. The van der Waals surface area contributed by atoms with Crippen LogP contribution in [0.3, 0.4) is 0 Å². The number of amides is 1. The molecule has 120 valence electrons. The maximum atomic E-state index is 12.3. The molecule has 0 atom stereocenters. The molecule has 1 rings (SSSR count). The number of rotatable bonds is 5. The minimum absolute atomic E-state index is 0.0236. The van der Waals surface area contributed by atoms with Crippen molar-refractivity contribution >= 4 is 15.9 Å². The van der Waals surface area contributed by atoms with Crippen LogP contribution in [0.4, 0.5) is 0 Å². The Bertz CT molecular complexity index is 645. The first-order valence-corrected chi connectivity index (χ1v) is 8.01. The maximum absolute atomic E-state index is 12.3. The quantitative estimate of drug-likeness (QED) is 0.828. The zero-order chi connectivity index (χ0) is 16.6. The van der Waals surface area contributed by atoms with Crippen molar-refractivity contribution in [2.45, 2.75) is 38.1 Å². The van der Waals surface area contributed by atoms with Crippen LogP contribution in [0, 0.1) is 13.8 Å². The Morgan fingerprint density at radius 1 is 1.29 bits per heavy atom. The fraction of sp³-hybridized carbons (Fsp3) is 0.615. The summed E-state index contributed by atoms with van der Waals surface area (Å²) in [5, 5.41) is 7.89. The number of furan rings is 1. The van der Waals surface area contributed by atoms with Gasteiger partial charge in [0.2, 0.25) is 10.0 Å². The van der Waals surface area contributed by atoms with Crippen molar-refractivity contribution in [3.63, 3.8) is 0 Å². The summed E-state index contributed by atoms with van der Waals surface area (Å²) < 4.78 is 28.5. The molecule has 0 aliphatic carbocycles. The summed E-state index contributed by atoms with van der Waals surface area (Å²) in [6.07, 6.45) is 0. The molecule has 0 fully saturated rings. The van der Waals surface area contributed by atoms with Gasteiger partial charge in [-0.25, -0.2) is 13.6 Å². The van der Waals surface area contributed by atoms with Gasteiger partial charge >= 0.3 is 0 Å². The Hall–Kier alpha value is -1.38. The van der Waals surface area contributed by atoms with Gasteiger partial charge in [-0.05, 0) is 41.8 Å². The molecule has 0 bridgehead atoms. The average Bonchev–Trinajstić information content (AvgIpc) is 2.60. The van der Waals surface area contributed by atoms with Crippen LogP contribution >= 0.6 is 0 Å². The number of likely N-dealkylation sites (N-methyl/N-ethyl adjacent to an activating group) is 1. The molecule has 8 heteroatoms. The first-order valence-electron chi connectivity index (χ1n) is 6.46. The maximum Gasteiger partial charge on any atom is 0.256 e. The van der Waals surface area contributed by atoms with Crippen molar-refractivity contribution in [2.75, 3.05) is 20.6 Å². The molecule has 1 aromatic heterocycles. The van der Waals surface area contributed by atoms with Gasteiger partial charge in [0, 0.05) is 12.1 Å². The number of carbonyl (C=O) groups excluding carboxylic acids is 1. The van der Waals surface area contributed by atoms with Crippen LogP contribution in [0.15, 0.2) is 9.31 Å². The summed E-state index contributed by atoms with van der Waals surface area (Å²) in [5.74, 6) is -0.160. The van der Waals surface area contributed by atoms with Crippen LogP contribution in [0.25, 0.3) is 0 Å². The number of primary sulfonamides is 1. The highest BCUT2D eigenvalue weighted by atomic mass is 32.2. The molecule has 0 unspecified atom stereocenters. The highest BCUT2D eigenvalue weighted by molar-refractivity contribution is 7.89. The van der Waals surface area contributed by atoms with Gasteiger partial charge in [0.15, 0.2) is 0 Å². The van der Waals surface area contributed by atoms with E-state index in [0.29, 0.717) is 6.54 Å². The Kier molecular flexibility index (Phi) is 4.87. The van der Waals surface area contributed by atoms with Gasteiger partial charge in [-0.2, -0.15) is 0 Å². The van der Waals surface area contributed by atoms with Crippen LogP contribution in [0.5, 0.6) is 0 Å².